The Labute approximate surface area is 119 Å². The monoisotopic (exact) mass is 274 g/mol. The molecule has 5 rings (SSSR count). The van der Waals surface area contributed by atoms with E-state index in [0.717, 1.165) is 22.8 Å². The fourth-order valence-corrected chi connectivity index (χ4v) is 6.33. The van der Waals surface area contributed by atoms with Gasteiger partial charge in [-0.2, -0.15) is 0 Å². The topological polar surface area (TPSA) is 38.9 Å². The van der Waals surface area contributed by atoms with Gasteiger partial charge in [0.05, 0.1) is 5.69 Å². The van der Waals surface area contributed by atoms with Gasteiger partial charge < -0.3 is 5.73 Å². The van der Waals surface area contributed by atoms with Crippen LogP contribution in [0.2, 0.25) is 0 Å². The molecule has 3 heteroatoms. The first-order valence-corrected chi connectivity index (χ1v) is 8.37. The molecule has 0 unspecified atom stereocenters. The molecule has 2 N–H and O–H groups in total. The molecular formula is C16H22N2S. The second-order valence-corrected chi connectivity index (χ2v) is 8.05. The minimum absolute atomic E-state index is 0.376. The highest BCUT2D eigenvalue weighted by atomic mass is 32.1. The number of aromatic nitrogens is 1. The van der Waals surface area contributed by atoms with E-state index in [-0.39, 0.29) is 0 Å². The zero-order valence-electron chi connectivity index (χ0n) is 11.4. The Balaban J connectivity index is 1.78. The number of rotatable bonds is 3. The molecule has 0 aliphatic heterocycles. The molecular weight excluding hydrogens is 252 g/mol. The largest absolute Gasteiger partial charge is 0.326 e. The van der Waals surface area contributed by atoms with Gasteiger partial charge in [-0.1, -0.05) is 6.58 Å². The second-order valence-electron chi connectivity index (χ2n) is 6.93. The van der Waals surface area contributed by atoms with Crippen molar-refractivity contribution in [1.29, 1.82) is 0 Å². The lowest BCUT2D eigenvalue weighted by Gasteiger charge is -2.56. The highest BCUT2D eigenvalue weighted by Gasteiger charge is 2.53. The summed E-state index contributed by atoms with van der Waals surface area (Å²) in [5.74, 6) is 2.89. The van der Waals surface area contributed by atoms with Crippen molar-refractivity contribution < 1.29 is 0 Å². The van der Waals surface area contributed by atoms with Crippen LogP contribution in [0.4, 0.5) is 0 Å². The fraction of sp³-hybridized carbons (Fsp3) is 0.688. The molecule has 4 bridgehead atoms. The molecule has 4 saturated carbocycles. The number of hydrogen-bond acceptors (Lipinski definition) is 3. The summed E-state index contributed by atoms with van der Waals surface area (Å²) in [6.07, 6.45) is 10.4. The molecule has 4 aliphatic rings. The lowest BCUT2D eigenvalue weighted by atomic mass is 9.48. The van der Waals surface area contributed by atoms with E-state index >= 15 is 0 Å². The fourth-order valence-electron chi connectivity index (χ4n) is 5.41. The smallest absolute Gasteiger partial charge is 0.116 e. The number of nitrogens with zero attached hydrogens (tertiary/aromatic N) is 1. The molecule has 102 valence electrons. The molecule has 1 aromatic heterocycles. The summed E-state index contributed by atoms with van der Waals surface area (Å²) in [5, 5.41) is 1.06. The molecule has 0 amide bonds. The Hall–Kier alpha value is -0.670. The lowest BCUT2D eigenvalue weighted by molar-refractivity contribution is -0.00731. The van der Waals surface area contributed by atoms with Crippen molar-refractivity contribution in [2.75, 3.05) is 0 Å². The maximum Gasteiger partial charge on any atom is 0.116 e. The third kappa shape index (κ3) is 1.74. The number of nitrogens with two attached hydrogens (primary N) is 1. The predicted octanol–water partition coefficient (Wildman–Crippen LogP) is 3.71. The third-order valence-electron chi connectivity index (χ3n) is 5.61. The molecule has 19 heavy (non-hydrogen) atoms. The van der Waals surface area contributed by atoms with Crippen LogP contribution in [-0.2, 0) is 12.0 Å². The van der Waals surface area contributed by atoms with Crippen LogP contribution in [0.25, 0.3) is 6.08 Å². The highest BCUT2D eigenvalue weighted by molar-refractivity contribution is 7.12. The molecule has 1 aromatic rings. The van der Waals surface area contributed by atoms with Gasteiger partial charge in [0, 0.05) is 16.8 Å². The minimum Gasteiger partial charge on any atom is -0.326 e. The molecule has 0 spiro atoms. The maximum atomic E-state index is 5.97. The molecule has 4 fully saturated rings. The minimum atomic E-state index is 0.376. The Morgan fingerprint density at radius 3 is 2.26 bits per heavy atom. The van der Waals surface area contributed by atoms with Crippen LogP contribution in [-0.4, -0.2) is 4.98 Å². The standard InChI is InChI=1S/C16H22N2S/c1-2-14-18-15(13(9-17)19-14)16-6-10-3-11(7-16)5-12(4-10)8-16/h2,10-12H,1,3-9,17H2. The van der Waals surface area contributed by atoms with Crippen molar-refractivity contribution in [1.82, 2.24) is 4.98 Å². The van der Waals surface area contributed by atoms with E-state index in [2.05, 4.69) is 6.58 Å². The third-order valence-corrected chi connectivity index (χ3v) is 6.69. The Morgan fingerprint density at radius 2 is 1.79 bits per heavy atom. The lowest BCUT2D eigenvalue weighted by Crippen LogP contribution is -2.49. The van der Waals surface area contributed by atoms with E-state index in [1.165, 1.54) is 49.1 Å². The van der Waals surface area contributed by atoms with Gasteiger partial charge in [0.25, 0.3) is 0 Å². The summed E-state index contributed by atoms with van der Waals surface area (Å²) >= 11 is 1.75. The molecule has 0 atom stereocenters. The van der Waals surface area contributed by atoms with Crippen molar-refractivity contribution in [2.45, 2.75) is 50.5 Å². The first-order valence-electron chi connectivity index (χ1n) is 7.55. The quantitative estimate of drug-likeness (QED) is 0.912. The summed E-state index contributed by atoms with van der Waals surface area (Å²) in [4.78, 5) is 6.23. The summed E-state index contributed by atoms with van der Waals surface area (Å²) in [5.41, 5.74) is 7.71. The molecule has 2 nitrogen and oxygen atoms in total. The van der Waals surface area contributed by atoms with Gasteiger partial charge >= 0.3 is 0 Å². The van der Waals surface area contributed by atoms with Crippen molar-refractivity contribution in [3.8, 4) is 0 Å². The Bertz CT molecular complexity index is 482. The first kappa shape index (κ1) is 12.1. The summed E-state index contributed by atoms with van der Waals surface area (Å²) < 4.78 is 0. The van der Waals surface area contributed by atoms with Crippen molar-refractivity contribution in [3.05, 3.63) is 22.2 Å². The predicted molar refractivity (Wildman–Crippen MR) is 79.9 cm³/mol. The van der Waals surface area contributed by atoms with E-state index in [0.29, 0.717) is 12.0 Å². The molecule has 0 saturated heterocycles. The van der Waals surface area contributed by atoms with Gasteiger partial charge in [-0.15, -0.1) is 11.3 Å². The molecule has 0 aromatic carbocycles. The zero-order chi connectivity index (χ0) is 13.0. The van der Waals surface area contributed by atoms with Gasteiger partial charge in [-0.3, -0.25) is 0 Å². The van der Waals surface area contributed by atoms with Crippen LogP contribution in [0, 0.1) is 17.8 Å². The van der Waals surface area contributed by atoms with Crippen molar-refractivity contribution in [2.24, 2.45) is 23.5 Å². The normalized spacial score (nSPS) is 39.7. The van der Waals surface area contributed by atoms with Gasteiger partial charge in [-0.25, -0.2) is 4.98 Å². The van der Waals surface area contributed by atoms with E-state index in [1.54, 1.807) is 11.3 Å². The van der Waals surface area contributed by atoms with Crippen LogP contribution in [0.3, 0.4) is 0 Å². The van der Waals surface area contributed by atoms with Gasteiger partial charge in [-0.05, 0) is 62.4 Å². The molecule has 0 radical (unpaired) electrons. The summed E-state index contributed by atoms with van der Waals surface area (Å²) in [6.45, 7) is 4.51. The first-order chi connectivity index (χ1) is 9.22. The Morgan fingerprint density at radius 1 is 1.21 bits per heavy atom. The van der Waals surface area contributed by atoms with Crippen LogP contribution in [0.15, 0.2) is 6.58 Å². The summed E-state index contributed by atoms with van der Waals surface area (Å²) in [7, 11) is 0. The van der Waals surface area contributed by atoms with E-state index in [1.807, 2.05) is 6.08 Å². The number of thiazole rings is 1. The average Bonchev–Trinajstić information content (AvgIpc) is 2.81. The van der Waals surface area contributed by atoms with Crippen LogP contribution in [0.1, 0.15) is 54.1 Å². The molecule has 4 aliphatic carbocycles. The highest BCUT2D eigenvalue weighted by Crippen LogP contribution is 2.61. The van der Waals surface area contributed by atoms with Crippen LogP contribution in [0.5, 0.6) is 0 Å². The van der Waals surface area contributed by atoms with Gasteiger partial charge in [0.1, 0.15) is 5.01 Å². The van der Waals surface area contributed by atoms with Crippen molar-refractivity contribution in [3.63, 3.8) is 0 Å². The molecule has 1 heterocycles. The van der Waals surface area contributed by atoms with Gasteiger partial charge in [0.2, 0.25) is 0 Å². The zero-order valence-corrected chi connectivity index (χ0v) is 12.2. The van der Waals surface area contributed by atoms with Crippen LogP contribution >= 0.6 is 11.3 Å². The SMILES string of the molecule is C=Cc1nc(C23CC4CC(CC(C4)C2)C3)c(CN)s1. The van der Waals surface area contributed by atoms with E-state index in [4.69, 9.17) is 10.7 Å². The van der Waals surface area contributed by atoms with Crippen LogP contribution < -0.4 is 5.73 Å². The Kier molecular flexibility index (Phi) is 2.65. The van der Waals surface area contributed by atoms with E-state index in [9.17, 15) is 0 Å². The van der Waals surface area contributed by atoms with Gasteiger partial charge in [0.15, 0.2) is 0 Å². The second kappa shape index (κ2) is 4.16. The maximum absolute atomic E-state index is 5.97. The van der Waals surface area contributed by atoms with Crippen molar-refractivity contribution >= 4 is 17.4 Å². The average molecular weight is 274 g/mol. The number of hydrogen-bond donors (Lipinski definition) is 1. The summed E-state index contributed by atoms with van der Waals surface area (Å²) in [6, 6.07) is 0. The van der Waals surface area contributed by atoms with E-state index < -0.39 is 0 Å².